The van der Waals surface area contributed by atoms with Crippen LogP contribution < -0.4 is 5.32 Å². The summed E-state index contributed by atoms with van der Waals surface area (Å²) in [7, 11) is -3.45. The molecule has 3 heterocycles. The number of aromatic amines is 1. The van der Waals surface area contributed by atoms with Gasteiger partial charge in [0.25, 0.3) is 5.91 Å². The Morgan fingerprint density at radius 3 is 2.53 bits per heavy atom. The molecule has 1 fully saturated rings. The van der Waals surface area contributed by atoms with Crippen LogP contribution in [-0.4, -0.2) is 41.9 Å². The summed E-state index contributed by atoms with van der Waals surface area (Å²) in [4.78, 5) is 12.7. The number of carbonyl (C=O) groups is 1. The highest BCUT2D eigenvalue weighted by molar-refractivity contribution is 7.89. The number of rotatable bonds is 6. The molecule has 1 aliphatic heterocycles. The van der Waals surface area contributed by atoms with Crippen molar-refractivity contribution in [3.05, 3.63) is 59.5 Å². The van der Waals surface area contributed by atoms with Crippen molar-refractivity contribution >= 4 is 15.9 Å². The highest BCUT2D eigenvalue weighted by Crippen LogP contribution is 2.22. The van der Waals surface area contributed by atoms with Gasteiger partial charge in [0.05, 0.1) is 4.90 Å². The Morgan fingerprint density at radius 2 is 1.87 bits per heavy atom. The second-order valence-electron chi connectivity index (χ2n) is 7.37. The minimum absolute atomic E-state index is 0.253. The van der Waals surface area contributed by atoms with Crippen molar-refractivity contribution in [2.45, 2.75) is 37.6 Å². The molecule has 1 aromatic carbocycles. The lowest BCUT2D eigenvalue weighted by molar-refractivity contribution is 0.0946. The number of aromatic nitrogens is 2. The van der Waals surface area contributed by atoms with E-state index in [4.69, 9.17) is 4.42 Å². The van der Waals surface area contributed by atoms with Gasteiger partial charge in [0.2, 0.25) is 10.0 Å². The van der Waals surface area contributed by atoms with Gasteiger partial charge in [-0.25, -0.2) is 8.42 Å². The first-order valence-corrected chi connectivity index (χ1v) is 11.4. The van der Waals surface area contributed by atoms with Gasteiger partial charge in [0.15, 0.2) is 11.5 Å². The predicted molar refractivity (Wildman–Crippen MR) is 111 cm³/mol. The van der Waals surface area contributed by atoms with E-state index in [1.807, 2.05) is 19.1 Å². The number of H-pyrrole nitrogens is 1. The van der Waals surface area contributed by atoms with Crippen molar-refractivity contribution < 1.29 is 17.6 Å². The Kier molecular flexibility index (Phi) is 5.74. The standard InChI is InChI=1S/C21H24N4O4S/c1-15-5-10-20(29-15)18-13-19(24-23-18)21(26)22-14-16-6-8-17(9-7-16)30(27,28)25-11-3-2-4-12-25/h5-10,13H,2-4,11-12,14H2,1H3,(H,22,26)(H,23,24). The Bertz CT molecular complexity index is 1130. The summed E-state index contributed by atoms with van der Waals surface area (Å²) < 4.78 is 32.5. The number of nitrogens with zero attached hydrogens (tertiary/aromatic N) is 2. The third-order valence-electron chi connectivity index (χ3n) is 5.15. The van der Waals surface area contributed by atoms with Gasteiger partial charge < -0.3 is 9.73 Å². The summed E-state index contributed by atoms with van der Waals surface area (Å²) in [6.07, 6.45) is 2.87. The van der Waals surface area contributed by atoms with Crippen LogP contribution in [0.4, 0.5) is 0 Å². The second kappa shape index (κ2) is 8.45. The van der Waals surface area contributed by atoms with Crippen LogP contribution in [0.3, 0.4) is 0 Å². The van der Waals surface area contributed by atoms with E-state index in [1.165, 1.54) is 0 Å². The number of furan rings is 1. The SMILES string of the molecule is Cc1ccc(-c2cc(C(=O)NCc3ccc(S(=O)(=O)N4CCCCC4)cc3)n[nH]2)o1. The lowest BCUT2D eigenvalue weighted by Gasteiger charge is -2.25. The molecule has 30 heavy (non-hydrogen) atoms. The van der Waals surface area contributed by atoms with Gasteiger partial charge in [0.1, 0.15) is 11.5 Å². The van der Waals surface area contributed by atoms with Crippen molar-refractivity contribution in [1.29, 1.82) is 0 Å². The Morgan fingerprint density at radius 1 is 1.13 bits per heavy atom. The molecule has 9 heteroatoms. The molecule has 4 rings (SSSR count). The molecule has 0 unspecified atom stereocenters. The summed E-state index contributed by atoms with van der Waals surface area (Å²) in [6.45, 7) is 3.26. The maximum absolute atomic E-state index is 12.7. The van der Waals surface area contributed by atoms with Crippen LogP contribution in [0.25, 0.3) is 11.5 Å². The van der Waals surface area contributed by atoms with Gasteiger partial charge in [0, 0.05) is 25.7 Å². The average Bonchev–Trinajstić information content (AvgIpc) is 3.42. The normalized spacial score (nSPS) is 15.2. The number of piperidine rings is 1. The van der Waals surface area contributed by atoms with Crippen LogP contribution in [0.2, 0.25) is 0 Å². The quantitative estimate of drug-likeness (QED) is 0.627. The largest absolute Gasteiger partial charge is 0.460 e. The molecule has 0 bridgehead atoms. The maximum atomic E-state index is 12.7. The summed E-state index contributed by atoms with van der Waals surface area (Å²) >= 11 is 0. The minimum atomic E-state index is -3.45. The highest BCUT2D eigenvalue weighted by atomic mass is 32.2. The zero-order valence-corrected chi connectivity index (χ0v) is 17.5. The van der Waals surface area contributed by atoms with Crippen LogP contribution in [0, 0.1) is 6.92 Å². The number of aryl methyl sites for hydroxylation is 1. The number of amides is 1. The van der Waals surface area contributed by atoms with Gasteiger partial charge in [-0.1, -0.05) is 18.6 Å². The van der Waals surface area contributed by atoms with Crippen LogP contribution in [0.1, 0.15) is 41.1 Å². The lowest BCUT2D eigenvalue weighted by atomic mass is 10.2. The van der Waals surface area contributed by atoms with Crippen LogP contribution in [0.15, 0.2) is 51.8 Å². The van der Waals surface area contributed by atoms with Crippen molar-refractivity contribution in [1.82, 2.24) is 19.8 Å². The fraction of sp³-hybridized carbons (Fsp3) is 0.333. The second-order valence-corrected chi connectivity index (χ2v) is 9.31. The summed E-state index contributed by atoms with van der Waals surface area (Å²) in [5.41, 5.74) is 1.68. The number of carbonyl (C=O) groups excluding carboxylic acids is 1. The molecule has 0 radical (unpaired) electrons. The number of benzene rings is 1. The molecule has 0 saturated carbocycles. The van der Waals surface area contributed by atoms with Gasteiger partial charge in [-0.2, -0.15) is 9.40 Å². The molecule has 1 amide bonds. The molecular formula is C21H24N4O4S. The van der Waals surface area contributed by atoms with Gasteiger partial charge >= 0.3 is 0 Å². The monoisotopic (exact) mass is 428 g/mol. The summed E-state index contributed by atoms with van der Waals surface area (Å²) in [5.74, 6) is 1.06. The molecule has 0 aliphatic carbocycles. The van der Waals surface area contributed by atoms with Crippen molar-refractivity contribution in [2.75, 3.05) is 13.1 Å². The van der Waals surface area contributed by atoms with Crippen LogP contribution >= 0.6 is 0 Å². The molecule has 8 nitrogen and oxygen atoms in total. The molecule has 0 atom stereocenters. The lowest BCUT2D eigenvalue weighted by Crippen LogP contribution is -2.35. The van der Waals surface area contributed by atoms with E-state index in [-0.39, 0.29) is 23.0 Å². The fourth-order valence-corrected chi connectivity index (χ4v) is 4.97. The van der Waals surface area contributed by atoms with E-state index in [0.29, 0.717) is 24.5 Å². The fourth-order valence-electron chi connectivity index (χ4n) is 3.45. The van der Waals surface area contributed by atoms with Crippen molar-refractivity contribution in [3.8, 4) is 11.5 Å². The predicted octanol–water partition coefficient (Wildman–Crippen LogP) is 3.08. The summed E-state index contributed by atoms with van der Waals surface area (Å²) in [5, 5.41) is 9.62. The first-order valence-electron chi connectivity index (χ1n) is 9.93. The van der Waals surface area contributed by atoms with E-state index in [0.717, 1.165) is 30.6 Å². The first-order chi connectivity index (χ1) is 14.4. The molecule has 0 spiro atoms. The third kappa shape index (κ3) is 4.31. The van der Waals surface area contributed by atoms with E-state index >= 15 is 0 Å². The van der Waals surface area contributed by atoms with Crippen LogP contribution in [0.5, 0.6) is 0 Å². The van der Waals surface area contributed by atoms with Gasteiger partial charge in [-0.15, -0.1) is 0 Å². The smallest absolute Gasteiger partial charge is 0.272 e. The number of sulfonamides is 1. The van der Waals surface area contributed by atoms with Crippen molar-refractivity contribution in [3.63, 3.8) is 0 Å². The van der Waals surface area contributed by atoms with Gasteiger partial charge in [-0.3, -0.25) is 9.89 Å². The van der Waals surface area contributed by atoms with E-state index in [2.05, 4.69) is 15.5 Å². The zero-order chi connectivity index (χ0) is 21.1. The average molecular weight is 429 g/mol. The molecule has 3 aromatic rings. The van der Waals surface area contributed by atoms with E-state index < -0.39 is 10.0 Å². The number of nitrogens with one attached hydrogen (secondary N) is 2. The molecule has 1 saturated heterocycles. The molecular weight excluding hydrogens is 404 g/mol. The Labute approximate surface area is 175 Å². The molecule has 158 valence electrons. The molecule has 2 aromatic heterocycles. The summed E-state index contributed by atoms with van der Waals surface area (Å²) in [6, 6.07) is 11.9. The topological polar surface area (TPSA) is 108 Å². The number of hydrogen-bond acceptors (Lipinski definition) is 5. The molecule has 2 N–H and O–H groups in total. The minimum Gasteiger partial charge on any atom is -0.460 e. The maximum Gasteiger partial charge on any atom is 0.272 e. The van der Waals surface area contributed by atoms with E-state index in [1.54, 1.807) is 34.6 Å². The third-order valence-corrected chi connectivity index (χ3v) is 7.06. The highest BCUT2D eigenvalue weighted by Gasteiger charge is 2.25. The van der Waals surface area contributed by atoms with Gasteiger partial charge in [-0.05, 0) is 49.6 Å². The Hall–Kier alpha value is -2.91. The van der Waals surface area contributed by atoms with E-state index in [9.17, 15) is 13.2 Å². The van der Waals surface area contributed by atoms with Crippen LogP contribution in [-0.2, 0) is 16.6 Å². The first kappa shape index (κ1) is 20.4. The van der Waals surface area contributed by atoms with Crippen molar-refractivity contribution in [2.24, 2.45) is 0 Å². The molecule has 1 aliphatic rings. The number of hydrogen-bond donors (Lipinski definition) is 2. The zero-order valence-electron chi connectivity index (χ0n) is 16.7. The Balaban J connectivity index is 1.37.